The van der Waals surface area contributed by atoms with Crippen molar-refractivity contribution in [2.75, 3.05) is 5.75 Å². The molecule has 5 heteroatoms. The molecule has 0 saturated carbocycles. The van der Waals surface area contributed by atoms with Crippen LogP contribution < -0.4 is 0 Å². The second-order valence-electron chi connectivity index (χ2n) is 4.59. The number of carbonyl (C=O) groups is 1. The first-order valence-electron chi connectivity index (χ1n) is 6.45. The van der Waals surface area contributed by atoms with Gasteiger partial charge in [-0.05, 0) is 36.5 Å². The monoisotopic (exact) mass is 284 g/mol. The first kappa shape index (κ1) is 15.7. The van der Waals surface area contributed by atoms with Crippen LogP contribution in [0.4, 0.5) is 0 Å². The lowest BCUT2D eigenvalue weighted by Gasteiger charge is -2.14. The Balaban J connectivity index is 3.08. The standard InChI is InChI=1S/C14H20O4S/c1-3-8-19(17,18)13-7-5-6-12(9-13)11(4-2)10-14(15)16/h5-7,9,11H,3-4,8,10H2,1-2H3,(H,15,16). The van der Waals surface area contributed by atoms with Crippen LogP contribution in [-0.4, -0.2) is 25.2 Å². The van der Waals surface area contributed by atoms with Crippen LogP contribution in [0, 0.1) is 0 Å². The minimum absolute atomic E-state index is 0.0216. The second-order valence-corrected chi connectivity index (χ2v) is 6.70. The topological polar surface area (TPSA) is 71.4 Å². The molecule has 0 saturated heterocycles. The summed E-state index contributed by atoms with van der Waals surface area (Å²) in [5.74, 6) is -0.894. The number of aliphatic carboxylic acids is 1. The van der Waals surface area contributed by atoms with Gasteiger partial charge in [0.15, 0.2) is 9.84 Å². The summed E-state index contributed by atoms with van der Waals surface area (Å²) >= 11 is 0. The van der Waals surface area contributed by atoms with Gasteiger partial charge in [-0.15, -0.1) is 0 Å². The van der Waals surface area contributed by atoms with E-state index in [4.69, 9.17) is 5.11 Å². The lowest BCUT2D eigenvalue weighted by atomic mass is 9.93. The fourth-order valence-electron chi connectivity index (χ4n) is 2.06. The molecule has 19 heavy (non-hydrogen) atoms. The van der Waals surface area contributed by atoms with Gasteiger partial charge in [-0.25, -0.2) is 8.42 Å². The molecular weight excluding hydrogens is 264 g/mol. The zero-order chi connectivity index (χ0) is 14.5. The maximum absolute atomic E-state index is 12.0. The molecule has 0 radical (unpaired) electrons. The molecule has 1 aromatic rings. The fourth-order valence-corrected chi connectivity index (χ4v) is 3.43. The van der Waals surface area contributed by atoms with Gasteiger partial charge in [-0.2, -0.15) is 0 Å². The van der Waals surface area contributed by atoms with Gasteiger partial charge in [-0.3, -0.25) is 4.79 Å². The molecular formula is C14H20O4S. The quantitative estimate of drug-likeness (QED) is 0.835. The Morgan fingerprint density at radius 2 is 2.00 bits per heavy atom. The molecule has 0 bridgehead atoms. The molecule has 0 aliphatic heterocycles. The van der Waals surface area contributed by atoms with Crippen molar-refractivity contribution in [3.8, 4) is 0 Å². The number of hydrogen-bond donors (Lipinski definition) is 1. The van der Waals surface area contributed by atoms with Crippen LogP contribution in [0.15, 0.2) is 29.2 Å². The third kappa shape index (κ3) is 4.35. The third-order valence-electron chi connectivity index (χ3n) is 3.08. The van der Waals surface area contributed by atoms with Crippen molar-refractivity contribution in [3.05, 3.63) is 29.8 Å². The number of rotatable bonds is 7. The molecule has 106 valence electrons. The minimum atomic E-state index is -3.25. The van der Waals surface area contributed by atoms with Crippen LogP contribution in [0.5, 0.6) is 0 Å². The summed E-state index contributed by atoms with van der Waals surface area (Å²) in [6.07, 6.45) is 1.26. The Morgan fingerprint density at radius 1 is 1.32 bits per heavy atom. The van der Waals surface area contributed by atoms with Gasteiger partial charge in [0, 0.05) is 0 Å². The molecule has 0 aliphatic rings. The molecule has 1 atom stereocenters. The van der Waals surface area contributed by atoms with E-state index in [9.17, 15) is 13.2 Å². The van der Waals surface area contributed by atoms with E-state index in [0.29, 0.717) is 12.8 Å². The highest BCUT2D eigenvalue weighted by atomic mass is 32.2. The van der Waals surface area contributed by atoms with E-state index in [1.807, 2.05) is 13.8 Å². The number of carboxylic acids is 1. The number of sulfone groups is 1. The molecule has 0 spiro atoms. The molecule has 4 nitrogen and oxygen atoms in total. The molecule has 1 N–H and O–H groups in total. The molecule has 1 unspecified atom stereocenters. The molecule has 0 heterocycles. The summed E-state index contributed by atoms with van der Waals surface area (Å²) in [5, 5.41) is 8.87. The first-order valence-corrected chi connectivity index (χ1v) is 8.10. The second kappa shape index (κ2) is 6.70. The number of carboxylic acid groups (broad SMARTS) is 1. The van der Waals surface area contributed by atoms with Crippen molar-refractivity contribution in [3.63, 3.8) is 0 Å². The Labute approximate surface area is 114 Å². The lowest BCUT2D eigenvalue weighted by Crippen LogP contribution is -2.09. The van der Waals surface area contributed by atoms with Crippen LogP contribution in [0.25, 0.3) is 0 Å². The third-order valence-corrected chi connectivity index (χ3v) is 4.99. The predicted octanol–water partition coefficient (Wildman–Crippen LogP) is 2.84. The summed E-state index contributed by atoms with van der Waals surface area (Å²) in [7, 11) is -3.25. The summed E-state index contributed by atoms with van der Waals surface area (Å²) in [4.78, 5) is 11.1. The summed E-state index contributed by atoms with van der Waals surface area (Å²) < 4.78 is 24.0. The lowest BCUT2D eigenvalue weighted by molar-refractivity contribution is -0.137. The van der Waals surface area contributed by atoms with Crippen molar-refractivity contribution >= 4 is 15.8 Å². The highest BCUT2D eigenvalue weighted by Crippen LogP contribution is 2.25. The van der Waals surface area contributed by atoms with E-state index in [-0.39, 0.29) is 23.0 Å². The Kier molecular flexibility index (Phi) is 5.54. The molecule has 0 aliphatic carbocycles. The molecule has 0 fully saturated rings. The van der Waals surface area contributed by atoms with E-state index in [1.165, 1.54) is 0 Å². The summed E-state index contributed by atoms with van der Waals surface area (Å²) in [6, 6.07) is 6.66. The molecule has 0 aromatic heterocycles. The zero-order valence-corrected chi connectivity index (χ0v) is 12.1. The van der Waals surface area contributed by atoms with Crippen LogP contribution in [0.1, 0.15) is 44.6 Å². The Bertz CT molecular complexity index is 534. The average molecular weight is 284 g/mol. The van der Waals surface area contributed by atoms with Crippen molar-refractivity contribution in [1.82, 2.24) is 0 Å². The zero-order valence-electron chi connectivity index (χ0n) is 11.3. The SMILES string of the molecule is CCCS(=O)(=O)c1cccc(C(CC)CC(=O)O)c1. The van der Waals surface area contributed by atoms with Crippen LogP contribution in [-0.2, 0) is 14.6 Å². The fraction of sp³-hybridized carbons (Fsp3) is 0.500. The van der Waals surface area contributed by atoms with Gasteiger partial charge < -0.3 is 5.11 Å². The van der Waals surface area contributed by atoms with Gasteiger partial charge in [0.05, 0.1) is 17.1 Å². The van der Waals surface area contributed by atoms with Crippen molar-refractivity contribution < 1.29 is 18.3 Å². The van der Waals surface area contributed by atoms with Gasteiger partial charge >= 0.3 is 5.97 Å². The predicted molar refractivity (Wildman–Crippen MR) is 74.1 cm³/mol. The maximum Gasteiger partial charge on any atom is 0.303 e. The van der Waals surface area contributed by atoms with Crippen LogP contribution >= 0.6 is 0 Å². The van der Waals surface area contributed by atoms with Crippen LogP contribution in [0.2, 0.25) is 0 Å². The van der Waals surface area contributed by atoms with E-state index in [1.54, 1.807) is 24.3 Å². The van der Waals surface area contributed by atoms with Gasteiger partial charge in [0.2, 0.25) is 0 Å². The minimum Gasteiger partial charge on any atom is -0.481 e. The highest BCUT2D eigenvalue weighted by Gasteiger charge is 2.18. The Hall–Kier alpha value is -1.36. The highest BCUT2D eigenvalue weighted by molar-refractivity contribution is 7.91. The largest absolute Gasteiger partial charge is 0.481 e. The van der Waals surface area contributed by atoms with E-state index >= 15 is 0 Å². The maximum atomic E-state index is 12.0. The van der Waals surface area contributed by atoms with Crippen molar-refractivity contribution in [2.45, 2.75) is 43.9 Å². The van der Waals surface area contributed by atoms with Gasteiger partial charge in [0.1, 0.15) is 0 Å². The molecule has 1 aromatic carbocycles. The summed E-state index contributed by atoms with van der Waals surface area (Å²) in [5.41, 5.74) is 0.780. The smallest absolute Gasteiger partial charge is 0.303 e. The first-order chi connectivity index (χ1) is 8.90. The van der Waals surface area contributed by atoms with Gasteiger partial charge in [0.25, 0.3) is 0 Å². The van der Waals surface area contributed by atoms with Crippen molar-refractivity contribution in [1.29, 1.82) is 0 Å². The molecule has 1 rings (SSSR count). The Morgan fingerprint density at radius 3 is 2.53 bits per heavy atom. The normalized spacial score (nSPS) is 13.2. The average Bonchev–Trinajstić information content (AvgIpc) is 2.36. The van der Waals surface area contributed by atoms with E-state index in [2.05, 4.69) is 0 Å². The number of hydrogen-bond acceptors (Lipinski definition) is 3. The summed E-state index contributed by atoms with van der Waals surface area (Å²) in [6.45, 7) is 3.72. The number of benzene rings is 1. The molecule has 0 amide bonds. The van der Waals surface area contributed by atoms with Crippen molar-refractivity contribution in [2.24, 2.45) is 0 Å². The van der Waals surface area contributed by atoms with Gasteiger partial charge in [-0.1, -0.05) is 26.0 Å². The van der Waals surface area contributed by atoms with E-state index in [0.717, 1.165) is 5.56 Å². The van der Waals surface area contributed by atoms with E-state index < -0.39 is 15.8 Å². The van der Waals surface area contributed by atoms with Crippen LogP contribution in [0.3, 0.4) is 0 Å².